The van der Waals surface area contributed by atoms with Crippen molar-refractivity contribution in [3.63, 3.8) is 0 Å². The van der Waals surface area contributed by atoms with Gasteiger partial charge < -0.3 is 4.74 Å². The van der Waals surface area contributed by atoms with Crippen LogP contribution in [-0.4, -0.2) is 27.2 Å². The lowest BCUT2D eigenvalue weighted by Gasteiger charge is -2.12. The number of ether oxygens (including phenoxy) is 1. The van der Waals surface area contributed by atoms with Crippen LogP contribution < -0.4 is 0 Å². The van der Waals surface area contributed by atoms with Crippen LogP contribution in [0.5, 0.6) is 0 Å². The molecule has 0 aromatic heterocycles. The number of carbonyl (C=O) groups is 1. The normalized spacial score (nSPS) is 13.1. The maximum atomic E-state index is 11.4. The lowest BCUT2D eigenvalue weighted by Crippen LogP contribution is -2.25. The van der Waals surface area contributed by atoms with Gasteiger partial charge in [0.2, 0.25) is 9.05 Å². The quantitative estimate of drug-likeness (QED) is 0.605. The van der Waals surface area contributed by atoms with Crippen molar-refractivity contribution in [1.29, 1.82) is 0 Å². The molecule has 1 rings (SSSR count). The number of carbonyl (C=O) groups excluding carboxylic acids is 1. The third kappa shape index (κ3) is 5.19. The van der Waals surface area contributed by atoms with Gasteiger partial charge in [0.1, 0.15) is 0 Å². The molecule has 1 aromatic carbocycles. The molecule has 94 valence electrons. The zero-order valence-electron chi connectivity index (χ0n) is 9.30. The number of benzene rings is 1. The molecule has 4 nitrogen and oxygen atoms in total. The van der Waals surface area contributed by atoms with E-state index in [-0.39, 0.29) is 0 Å². The summed E-state index contributed by atoms with van der Waals surface area (Å²) >= 11 is 0. The van der Waals surface area contributed by atoms with Gasteiger partial charge in [-0.05, 0) is 12.0 Å². The second kappa shape index (κ2) is 6.02. The van der Waals surface area contributed by atoms with Gasteiger partial charge >= 0.3 is 5.97 Å². The third-order valence-electron chi connectivity index (χ3n) is 2.26. The van der Waals surface area contributed by atoms with Crippen LogP contribution in [0.15, 0.2) is 30.3 Å². The van der Waals surface area contributed by atoms with E-state index in [0.717, 1.165) is 5.56 Å². The summed E-state index contributed by atoms with van der Waals surface area (Å²) in [5.41, 5.74) is 0.864. The van der Waals surface area contributed by atoms with E-state index in [1.54, 1.807) is 0 Å². The Morgan fingerprint density at radius 1 is 1.35 bits per heavy atom. The molecular weight excluding hydrogens is 264 g/mol. The Hall–Kier alpha value is -1.07. The molecule has 0 aliphatic heterocycles. The molecular formula is C11H13ClO4S. The highest BCUT2D eigenvalue weighted by atomic mass is 35.7. The fraction of sp³-hybridized carbons (Fsp3) is 0.364. The standard InChI is InChI=1S/C11H13ClO4S/c1-16-11(13)10(8-17(12,14)15)7-9-5-3-2-4-6-9/h2-6,10H,7-8H2,1H3. The van der Waals surface area contributed by atoms with Gasteiger partial charge in [0, 0.05) is 10.7 Å². The second-order valence-electron chi connectivity index (χ2n) is 3.62. The Balaban J connectivity index is 2.81. The van der Waals surface area contributed by atoms with Gasteiger partial charge in [-0.25, -0.2) is 8.42 Å². The lowest BCUT2D eigenvalue weighted by molar-refractivity contribution is -0.144. The van der Waals surface area contributed by atoms with E-state index in [1.165, 1.54) is 7.11 Å². The first kappa shape index (κ1) is 14.0. The molecule has 6 heteroatoms. The van der Waals surface area contributed by atoms with Gasteiger partial charge in [-0.15, -0.1) is 0 Å². The maximum absolute atomic E-state index is 11.4. The zero-order chi connectivity index (χ0) is 12.9. The highest BCUT2D eigenvalue weighted by Gasteiger charge is 2.25. The molecule has 0 saturated heterocycles. The monoisotopic (exact) mass is 276 g/mol. The number of hydrogen-bond acceptors (Lipinski definition) is 4. The SMILES string of the molecule is COC(=O)C(Cc1ccccc1)CS(=O)(=O)Cl. The highest BCUT2D eigenvalue weighted by molar-refractivity contribution is 8.13. The average Bonchev–Trinajstić information content (AvgIpc) is 2.27. The summed E-state index contributed by atoms with van der Waals surface area (Å²) in [7, 11) is 2.66. The second-order valence-corrected chi connectivity index (χ2v) is 6.44. The molecule has 0 bridgehead atoms. The Kier molecular flexibility index (Phi) is 4.96. The van der Waals surface area contributed by atoms with Crippen molar-refractivity contribution < 1.29 is 17.9 Å². The first-order chi connectivity index (χ1) is 7.92. The predicted octanol–water partition coefficient (Wildman–Crippen LogP) is 1.59. The van der Waals surface area contributed by atoms with Gasteiger partial charge in [0.15, 0.2) is 0 Å². The first-order valence-electron chi connectivity index (χ1n) is 4.96. The van der Waals surface area contributed by atoms with Gasteiger partial charge in [-0.1, -0.05) is 30.3 Å². The van der Waals surface area contributed by atoms with Crippen LogP contribution in [-0.2, 0) is 25.0 Å². The van der Waals surface area contributed by atoms with Crippen LogP contribution in [0.3, 0.4) is 0 Å². The van der Waals surface area contributed by atoms with E-state index >= 15 is 0 Å². The highest BCUT2D eigenvalue weighted by Crippen LogP contribution is 2.14. The van der Waals surface area contributed by atoms with E-state index in [2.05, 4.69) is 4.74 Å². The van der Waals surface area contributed by atoms with Crippen LogP contribution in [0.1, 0.15) is 5.56 Å². The zero-order valence-corrected chi connectivity index (χ0v) is 10.9. The number of hydrogen-bond donors (Lipinski definition) is 0. The van der Waals surface area contributed by atoms with Crippen molar-refractivity contribution >= 4 is 25.7 Å². The van der Waals surface area contributed by atoms with Gasteiger partial charge in [0.25, 0.3) is 0 Å². The van der Waals surface area contributed by atoms with Crippen LogP contribution >= 0.6 is 10.7 Å². The Morgan fingerprint density at radius 2 is 1.94 bits per heavy atom. The minimum atomic E-state index is -3.73. The molecule has 1 aromatic rings. The van der Waals surface area contributed by atoms with Crippen LogP contribution in [0.25, 0.3) is 0 Å². The molecule has 0 heterocycles. The summed E-state index contributed by atoms with van der Waals surface area (Å²) in [6.07, 6.45) is 0.291. The summed E-state index contributed by atoms with van der Waals surface area (Å²) in [5, 5.41) is 0. The Bertz CT molecular complexity index is 470. The molecule has 0 saturated carbocycles. The van der Waals surface area contributed by atoms with Crippen molar-refractivity contribution in [2.45, 2.75) is 6.42 Å². The molecule has 0 fully saturated rings. The van der Waals surface area contributed by atoms with Crippen molar-refractivity contribution in [3.8, 4) is 0 Å². The van der Waals surface area contributed by atoms with E-state index in [9.17, 15) is 13.2 Å². The van der Waals surface area contributed by atoms with E-state index in [4.69, 9.17) is 10.7 Å². The van der Waals surface area contributed by atoms with Crippen molar-refractivity contribution in [2.24, 2.45) is 5.92 Å². The Morgan fingerprint density at radius 3 is 2.41 bits per heavy atom. The van der Waals surface area contributed by atoms with Crippen LogP contribution in [0, 0.1) is 5.92 Å². The Labute approximate surface area is 105 Å². The minimum absolute atomic E-state index is 0.291. The van der Waals surface area contributed by atoms with Gasteiger partial charge in [-0.2, -0.15) is 0 Å². The number of rotatable bonds is 5. The summed E-state index contributed by atoms with van der Waals surface area (Å²) in [4.78, 5) is 11.4. The molecule has 0 spiro atoms. The fourth-order valence-electron chi connectivity index (χ4n) is 1.52. The first-order valence-corrected chi connectivity index (χ1v) is 7.44. The number of halogens is 1. The van der Waals surface area contributed by atoms with Gasteiger partial charge in [0.05, 0.1) is 18.8 Å². The van der Waals surface area contributed by atoms with E-state index < -0.39 is 26.7 Å². The van der Waals surface area contributed by atoms with Crippen molar-refractivity contribution in [2.75, 3.05) is 12.9 Å². The number of methoxy groups -OCH3 is 1. The molecule has 0 N–H and O–H groups in total. The van der Waals surface area contributed by atoms with Crippen molar-refractivity contribution in [1.82, 2.24) is 0 Å². The van der Waals surface area contributed by atoms with E-state index in [0.29, 0.717) is 6.42 Å². The number of esters is 1. The largest absolute Gasteiger partial charge is 0.469 e. The molecule has 0 aliphatic carbocycles. The smallest absolute Gasteiger partial charge is 0.310 e. The topological polar surface area (TPSA) is 60.4 Å². The molecule has 17 heavy (non-hydrogen) atoms. The molecule has 0 amide bonds. The maximum Gasteiger partial charge on any atom is 0.310 e. The van der Waals surface area contributed by atoms with E-state index in [1.807, 2.05) is 30.3 Å². The fourth-order valence-corrected chi connectivity index (χ4v) is 2.71. The molecule has 0 radical (unpaired) electrons. The molecule has 1 atom stereocenters. The molecule has 1 unspecified atom stereocenters. The van der Waals surface area contributed by atoms with Crippen LogP contribution in [0.2, 0.25) is 0 Å². The van der Waals surface area contributed by atoms with Crippen molar-refractivity contribution in [3.05, 3.63) is 35.9 Å². The van der Waals surface area contributed by atoms with Crippen LogP contribution in [0.4, 0.5) is 0 Å². The minimum Gasteiger partial charge on any atom is -0.469 e. The summed E-state index contributed by atoms with van der Waals surface area (Å²) in [6.45, 7) is 0. The summed E-state index contributed by atoms with van der Waals surface area (Å²) in [5.74, 6) is -1.76. The summed E-state index contributed by atoms with van der Waals surface area (Å²) in [6, 6.07) is 9.11. The summed E-state index contributed by atoms with van der Waals surface area (Å²) < 4.78 is 26.6. The third-order valence-corrected chi connectivity index (χ3v) is 3.44. The van der Waals surface area contributed by atoms with Gasteiger partial charge in [-0.3, -0.25) is 4.79 Å². The average molecular weight is 277 g/mol. The molecule has 0 aliphatic rings. The predicted molar refractivity (Wildman–Crippen MR) is 65.3 cm³/mol. The lowest BCUT2D eigenvalue weighted by atomic mass is 10.0.